The third-order valence-electron chi connectivity index (χ3n) is 6.20. The van der Waals surface area contributed by atoms with Gasteiger partial charge in [-0.25, -0.2) is 0 Å². The summed E-state index contributed by atoms with van der Waals surface area (Å²) in [6.07, 6.45) is 31.0. The summed E-state index contributed by atoms with van der Waals surface area (Å²) >= 11 is 0. The van der Waals surface area contributed by atoms with E-state index in [1.165, 1.54) is 135 Å². The summed E-state index contributed by atoms with van der Waals surface area (Å²) in [5.74, 6) is 0.0175. The lowest BCUT2D eigenvalue weighted by Gasteiger charge is -2.05. The van der Waals surface area contributed by atoms with E-state index in [2.05, 4.69) is 27.7 Å². The molecule has 0 heterocycles. The van der Waals surface area contributed by atoms with Crippen molar-refractivity contribution in [2.24, 2.45) is 0 Å². The van der Waals surface area contributed by atoms with Crippen LogP contribution >= 0.6 is 0 Å². The predicted octanol–water partition coefficient (Wildman–Crippen LogP) is 11.0. The molecule has 32 heavy (non-hydrogen) atoms. The topological polar surface area (TPSA) is 26.3 Å². The molecule has 0 saturated carbocycles. The number of carbonyl (C=O) groups is 1. The second kappa shape index (κ2) is 32.6. The van der Waals surface area contributed by atoms with E-state index < -0.39 is 0 Å². The van der Waals surface area contributed by atoms with E-state index in [-0.39, 0.29) is 5.97 Å². The zero-order chi connectivity index (χ0) is 24.0. The highest BCUT2D eigenvalue weighted by molar-refractivity contribution is 5.69. The zero-order valence-electron chi connectivity index (χ0n) is 23.0. The van der Waals surface area contributed by atoms with Crippen molar-refractivity contribution in [3.63, 3.8) is 0 Å². The first-order valence-electron chi connectivity index (χ1n) is 14.9. The van der Waals surface area contributed by atoms with Crippen molar-refractivity contribution in [2.75, 3.05) is 6.61 Å². The smallest absolute Gasteiger partial charge is 0.305 e. The summed E-state index contributed by atoms with van der Waals surface area (Å²) in [5.41, 5.74) is 0. The molecule has 194 valence electrons. The van der Waals surface area contributed by atoms with Crippen LogP contribution in [0.5, 0.6) is 0 Å². The third kappa shape index (κ3) is 34.1. The number of ether oxygens (including phenoxy) is 1. The normalized spacial score (nSPS) is 10.6. The molecule has 0 bridgehead atoms. The van der Waals surface area contributed by atoms with Crippen molar-refractivity contribution in [3.05, 3.63) is 0 Å². The van der Waals surface area contributed by atoms with Crippen LogP contribution in [-0.4, -0.2) is 12.6 Å². The second-order valence-electron chi connectivity index (χ2n) is 9.69. The summed E-state index contributed by atoms with van der Waals surface area (Å²) in [6, 6.07) is 0. The summed E-state index contributed by atoms with van der Waals surface area (Å²) in [7, 11) is 0. The van der Waals surface area contributed by atoms with Gasteiger partial charge in [-0.3, -0.25) is 4.79 Å². The summed E-state index contributed by atoms with van der Waals surface area (Å²) in [4.78, 5) is 11.7. The van der Waals surface area contributed by atoms with Crippen molar-refractivity contribution in [1.82, 2.24) is 0 Å². The molecule has 0 N–H and O–H groups in total. The molecule has 0 radical (unpaired) electrons. The molecule has 0 aromatic heterocycles. The minimum absolute atomic E-state index is 0.0175. The van der Waals surface area contributed by atoms with Crippen molar-refractivity contribution in [1.29, 1.82) is 0 Å². The van der Waals surface area contributed by atoms with Crippen LogP contribution in [0.25, 0.3) is 0 Å². The Morgan fingerprint density at radius 1 is 0.406 bits per heavy atom. The highest BCUT2D eigenvalue weighted by Crippen LogP contribution is 2.12. The van der Waals surface area contributed by atoms with Crippen molar-refractivity contribution in [3.8, 4) is 0 Å². The second-order valence-corrected chi connectivity index (χ2v) is 9.69. The first kappa shape index (κ1) is 33.6. The minimum Gasteiger partial charge on any atom is -0.466 e. The molecule has 0 aromatic carbocycles. The van der Waals surface area contributed by atoms with E-state index in [9.17, 15) is 4.79 Å². The van der Waals surface area contributed by atoms with Gasteiger partial charge < -0.3 is 4.74 Å². The quantitative estimate of drug-likeness (QED) is 0.107. The fourth-order valence-electron chi connectivity index (χ4n) is 3.93. The molecule has 0 atom stereocenters. The standard InChI is InChI=1S/C24H48O2.C6H14/c1-3-5-7-9-11-13-15-17-19-21-23-26-24(25)22-20-18-16-14-12-10-8-6-4-2;1-3-5-6-4-2/h3-23H2,1-2H3;3-6H2,1-2H3. The van der Waals surface area contributed by atoms with Crippen LogP contribution in [0.1, 0.15) is 182 Å². The molecular formula is C30H62O2. The van der Waals surface area contributed by atoms with Crippen LogP contribution in [0.3, 0.4) is 0 Å². The van der Waals surface area contributed by atoms with Gasteiger partial charge >= 0.3 is 5.97 Å². The Kier molecular flexibility index (Phi) is 34.3. The van der Waals surface area contributed by atoms with Gasteiger partial charge in [-0.05, 0) is 12.8 Å². The number of rotatable bonds is 24. The SMILES string of the molecule is CCCCCC.CCCCCCCCCCCCOC(=O)CCCCCCCCCCC. The van der Waals surface area contributed by atoms with Crippen LogP contribution in [-0.2, 0) is 9.53 Å². The van der Waals surface area contributed by atoms with Gasteiger partial charge in [-0.1, -0.05) is 163 Å². The first-order chi connectivity index (χ1) is 15.7. The number of hydrogen-bond acceptors (Lipinski definition) is 2. The average molecular weight is 455 g/mol. The van der Waals surface area contributed by atoms with Crippen LogP contribution < -0.4 is 0 Å². The third-order valence-corrected chi connectivity index (χ3v) is 6.20. The van der Waals surface area contributed by atoms with Crippen LogP contribution in [0.4, 0.5) is 0 Å². The van der Waals surface area contributed by atoms with Gasteiger partial charge in [0.1, 0.15) is 0 Å². The molecule has 0 fully saturated rings. The molecule has 0 spiro atoms. The molecule has 0 aliphatic rings. The predicted molar refractivity (Wildman–Crippen MR) is 144 cm³/mol. The first-order valence-corrected chi connectivity index (χ1v) is 14.9. The largest absolute Gasteiger partial charge is 0.466 e. The average Bonchev–Trinajstić information content (AvgIpc) is 2.80. The molecule has 0 saturated heterocycles. The molecule has 0 amide bonds. The molecule has 0 rings (SSSR count). The Hall–Kier alpha value is -0.530. The van der Waals surface area contributed by atoms with Crippen molar-refractivity contribution in [2.45, 2.75) is 182 Å². The van der Waals surface area contributed by atoms with E-state index in [0.29, 0.717) is 13.0 Å². The van der Waals surface area contributed by atoms with Crippen LogP contribution in [0.2, 0.25) is 0 Å². The van der Waals surface area contributed by atoms with Crippen LogP contribution in [0.15, 0.2) is 0 Å². The minimum atomic E-state index is 0.0175. The number of esters is 1. The van der Waals surface area contributed by atoms with Crippen molar-refractivity contribution >= 4 is 5.97 Å². The lowest BCUT2D eigenvalue weighted by Crippen LogP contribution is -2.05. The van der Waals surface area contributed by atoms with Gasteiger partial charge in [0, 0.05) is 6.42 Å². The maximum Gasteiger partial charge on any atom is 0.305 e. The number of unbranched alkanes of at least 4 members (excludes halogenated alkanes) is 20. The molecule has 2 heteroatoms. The Morgan fingerprint density at radius 3 is 1.06 bits per heavy atom. The van der Waals surface area contributed by atoms with Gasteiger partial charge in [0.05, 0.1) is 6.61 Å². The molecule has 0 aliphatic carbocycles. The number of hydrogen-bond donors (Lipinski definition) is 0. The van der Waals surface area contributed by atoms with E-state index in [0.717, 1.165) is 12.8 Å². The molecule has 0 unspecified atom stereocenters. The highest BCUT2D eigenvalue weighted by atomic mass is 16.5. The van der Waals surface area contributed by atoms with Gasteiger partial charge in [0.2, 0.25) is 0 Å². The lowest BCUT2D eigenvalue weighted by atomic mass is 10.1. The molecular weight excluding hydrogens is 392 g/mol. The summed E-state index contributed by atoms with van der Waals surface area (Å²) < 4.78 is 5.35. The Bertz CT molecular complexity index is 323. The monoisotopic (exact) mass is 454 g/mol. The Labute approximate surface area is 204 Å². The van der Waals surface area contributed by atoms with Gasteiger partial charge in [-0.2, -0.15) is 0 Å². The van der Waals surface area contributed by atoms with Gasteiger partial charge in [0.15, 0.2) is 0 Å². The van der Waals surface area contributed by atoms with E-state index in [4.69, 9.17) is 4.74 Å². The van der Waals surface area contributed by atoms with Crippen molar-refractivity contribution < 1.29 is 9.53 Å². The molecule has 0 aromatic rings. The van der Waals surface area contributed by atoms with Crippen LogP contribution in [0, 0.1) is 0 Å². The maximum absolute atomic E-state index is 11.7. The number of carbonyl (C=O) groups excluding carboxylic acids is 1. The fraction of sp³-hybridized carbons (Fsp3) is 0.967. The fourth-order valence-corrected chi connectivity index (χ4v) is 3.93. The molecule has 0 aliphatic heterocycles. The summed E-state index contributed by atoms with van der Waals surface area (Å²) in [5, 5.41) is 0. The highest BCUT2D eigenvalue weighted by Gasteiger charge is 2.02. The Morgan fingerprint density at radius 2 is 0.688 bits per heavy atom. The summed E-state index contributed by atoms with van der Waals surface area (Å²) in [6.45, 7) is 9.62. The lowest BCUT2D eigenvalue weighted by molar-refractivity contribution is -0.143. The maximum atomic E-state index is 11.7. The van der Waals surface area contributed by atoms with E-state index in [1.807, 2.05) is 0 Å². The van der Waals surface area contributed by atoms with Gasteiger partial charge in [0.25, 0.3) is 0 Å². The zero-order valence-corrected chi connectivity index (χ0v) is 23.0. The van der Waals surface area contributed by atoms with E-state index >= 15 is 0 Å². The Balaban J connectivity index is 0. The molecule has 2 nitrogen and oxygen atoms in total. The van der Waals surface area contributed by atoms with E-state index in [1.54, 1.807) is 0 Å². The van der Waals surface area contributed by atoms with Gasteiger partial charge in [-0.15, -0.1) is 0 Å².